The van der Waals surface area contributed by atoms with Gasteiger partial charge < -0.3 is 9.73 Å². The summed E-state index contributed by atoms with van der Waals surface area (Å²) in [6, 6.07) is 9.28. The summed E-state index contributed by atoms with van der Waals surface area (Å²) in [4.78, 5) is 27.8. The van der Waals surface area contributed by atoms with Gasteiger partial charge in [0.05, 0.1) is 17.9 Å². The van der Waals surface area contributed by atoms with Crippen LogP contribution in [0.5, 0.6) is 0 Å². The van der Waals surface area contributed by atoms with E-state index in [0.29, 0.717) is 44.4 Å². The number of hydrogen-bond donors (Lipinski definition) is 2. The van der Waals surface area contributed by atoms with Crippen LogP contribution in [0.15, 0.2) is 52.3 Å². The third kappa shape index (κ3) is 5.41. The molecular formula is C23H19ClFN5O3S. The molecule has 3 aromatic heterocycles. The molecule has 0 atom stereocenters. The molecule has 2 N–H and O–H groups in total. The van der Waals surface area contributed by atoms with Gasteiger partial charge in [-0.3, -0.25) is 14.9 Å². The third-order valence-corrected chi connectivity index (χ3v) is 5.80. The van der Waals surface area contributed by atoms with Crippen LogP contribution in [0.2, 0.25) is 5.15 Å². The number of aromatic nitrogens is 3. The SMILES string of the molecule is CC(=O)NCc1ccc(-c2csc(NC(=O)/C=C/c3c(C)nn(-c4ccc(F)cc4)c3Cl)n2)o1. The molecule has 4 rings (SSSR count). The number of benzene rings is 1. The van der Waals surface area contributed by atoms with Crippen LogP contribution in [0.3, 0.4) is 0 Å². The summed E-state index contributed by atoms with van der Waals surface area (Å²) < 4.78 is 20.3. The van der Waals surface area contributed by atoms with Gasteiger partial charge in [-0.15, -0.1) is 11.3 Å². The Morgan fingerprint density at radius 2 is 2.00 bits per heavy atom. The molecule has 11 heteroatoms. The largest absolute Gasteiger partial charge is 0.458 e. The van der Waals surface area contributed by atoms with Gasteiger partial charge >= 0.3 is 0 Å². The molecule has 3 heterocycles. The molecule has 4 aromatic rings. The summed E-state index contributed by atoms with van der Waals surface area (Å²) in [5.41, 5.74) is 2.36. The number of hydrogen-bond acceptors (Lipinski definition) is 6. The zero-order valence-electron chi connectivity index (χ0n) is 18.1. The van der Waals surface area contributed by atoms with Gasteiger partial charge in [0, 0.05) is 23.9 Å². The van der Waals surface area contributed by atoms with Crippen LogP contribution in [0.1, 0.15) is 23.9 Å². The van der Waals surface area contributed by atoms with Crippen molar-refractivity contribution in [2.45, 2.75) is 20.4 Å². The second-order valence-electron chi connectivity index (χ2n) is 7.21. The van der Waals surface area contributed by atoms with Crippen molar-refractivity contribution in [3.63, 3.8) is 0 Å². The Labute approximate surface area is 203 Å². The van der Waals surface area contributed by atoms with Crippen LogP contribution in [-0.2, 0) is 16.1 Å². The Kier molecular flexibility index (Phi) is 6.90. The maximum atomic E-state index is 13.2. The van der Waals surface area contributed by atoms with Gasteiger partial charge in [-0.05, 0) is 49.4 Å². The van der Waals surface area contributed by atoms with Crippen molar-refractivity contribution in [2.75, 3.05) is 5.32 Å². The first-order valence-electron chi connectivity index (χ1n) is 10.1. The Balaban J connectivity index is 1.42. The first kappa shape index (κ1) is 23.4. The smallest absolute Gasteiger partial charge is 0.250 e. The van der Waals surface area contributed by atoms with Crippen LogP contribution >= 0.6 is 22.9 Å². The van der Waals surface area contributed by atoms with E-state index < -0.39 is 5.91 Å². The number of carbonyl (C=O) groups is 2. The van der Waals surface area contributed by atoms with E-state index in [9.17, 15) is 14.0 Å². The highest BCUT2D eigenvalue weighted by atomic mass is 35.5. The van der Waals surface area contributed by atoms with Crippen molar-refractivity contribution in [1.29, 1.82) is 0 Å². The molecule has 0 saturated carbocycles. The molecule has 0 unspecified atom stereocenters. The average molecular weight is 500 g/mol. The first-order chi connectivity index (χ1) is 16.3. The van der Waals surface area contributed by atoms with Crippen molar-refractivity contribution in [3.05, 3.63) is 75.8 Å². The summed E-state index contributed by atoms with van der Waals surface area (Å²) in [6.07, 6.45) is 2.90. The Morgan fingerprint density at radius 1 is 1.24 bits per heavy atom. The number of nitrogens with zero attached hydrogens (tertiary/aromatic N) is 3. The van der Waals surface area contributed by atoms with Crippen molar-refractivity contribution < 1.29 is 18.4 Å². The lowest BCUT2D eigenvalue weighted by Crippen LogP contribution is -2.18. The number of aryl methyl sites for hydroxylation is 1. The summed E-state index contributed by atoms with van der Waals surface area (Å²) in [5, 5.41) is 12.2. The van der Waals surface area contributed by atoms with Gasteiger partial charge in [0.15, 0.2) is 10.9 Å². The van der Waals surface area contributed by atoms with E-state index in [1.54, 1.807) is 42.6 Å². The Hall–Kier alpha value is -3.76. The molecule has 0 bridgehead atoms. The number of amides is 2. The van der Waals surface area contributed by atoms with Crippen LogP contribution in [0.4, 0.5) is 9.52 Å². The summed E-state index contributed by atoms with van der Waals surface area (Å²) in [5.74, 6) is 0.229. The molecule has 34 heavy (non-hydrogen) atoms. The van der Waals surface area contributed by atoms with Crippen molar-refractivity contribution >= 4 is 46.0 Å². The predicted molar refractivity (Wildman–Crippen MR) is 128 cm³/mol. The van der Waals surface area contributed by atoms with Gasteiger partial charge in [-0.25, -0.2) is 14.1 Å². The Bertz CT molecular complexity index is 1370. The molecule has 174 valence electrons. The monoisotopic (exact) mass is 499 g/mol. The highest BCUT2D eigenvalue weighted by molar-refractivity contribution is 7.14. The van der Waals surface area contributed by atoms with Crippen molar-refractivity contribution in [3.8, 4) is 17.1 Å². The Morgan fingerprint density at radius 3 is 2.74 bits per heavy atom. The molecular weight excluding hydrogens is 481 g/mol. The number of rotatable bonds is 7. The standard InChI is InChI=1S/C23H19ClFN5O3S/c1-13-18(22(24)30(29-13)16-5-3-15(25)4-6-16)8-10-21(32)28-23-27-19(12-34-23)20-9-7-17(33-20)11-26-14(2)31/h3-10,12H,11H2,1-2H3,(H,26,31)(H,27,28,32)/b10-8+. The van der Waals surface area contributed by atoms with Crippen molar-refractivity contribution in [2.24, 2.45) is 0 Å². The van der Waals surface area contributed by atoms with Gasteiger partial charge in [-0.2, -0.15) is 5.10 Å². The fourth-order valence-corrected chi connectivity index (χ4v) is 4.06. The number of carbonyl (C=O) groups excluding carboxylic acids is 2. The van der Waals surface area contributed by atoms with Crippen LogP contribution < -0.4 is 10.6 Å². The molecule has 0 aliphatic carbocycles. The van der Waals surface area contributed by atoms with Gasteiger partial charge in [0.1, 0.15) is 22.4 Å². The first-order valence-corrected chi connectivity index (χ1v) is 11.3. The topological polar surface area (TPSA) is 102 Å². The molecule has 0 radical (unpaired) electrons. The van der Waals surface area contributed by atoms with E-state index in [-0.39, 0.29) is 18.3 Å². The van der Waals surface area contributed by atoms with Crippen LogP contribution in [0.25, 0.3) is 23.2 Å². The molecule has 8 nitrogen and oxygen atoms in total. The molecule has 0 spiro atoms. The van der Waals surface area contributed by atoms with E-state index in [4.69, 9.17) is 16.0 Å². The molecule has 0 aliphatic heterocycles. The van der Waals surface area contributed by atoms with Gasteiger partial charge in [0.25, 0.3) is 0 Å². The predicted octanol–water partition coefficient (Wildman–Crippen LogP) is 4.98. The van der Waals surface area contributed by atoms with Crippen LogP contribution in [0, 0.1) is 12.7 Å². The van der Waals surface area contributed by atoms with E-state index >= 15 is 0 Å². The summed E-state index contributed by atoms with van der Waals surface area (Å²) >= 11 is 7.69. The van der Waals surface area contributed by atoms with Crippen molar-refractivity contribution in [1.82, 2.24) is 20.1 Å². The minimum atomic E-state index is -0.392. The van der Waals surface area contributed by atoms with Crippen LogP contribution in [-0.4, -0.2) is 26.6 Å². The molecule has 2 amide bonds. The number of halogens is 2. The van der Waals surface area contributed by atoms with E-state index in [1.165, 1.54) is 41.2 Å². The highest BCUT2D eigenvalue weighted by Gasteiger charge is 2.14. The lowest BCUT2D eigenvalue weighted by atomic mass is 10.2. The molecule has 1 aromatic carbocycles. The lowest BCUT2D eigenvalue weighted by molar-refractivity contribution is -0.119. The number of nitrogens with one attached hydrogen (secondary N) is 2. The zero-order chi connectivity index (χ0) is 24.2. The minimum Gasteiger partial charge on any atom is -0.458 e. The minimum absolute atomic E-state index is 0.149. The third-order valence-electron chi connectivity index (χ3n) is 4.68. The number of anilines is 1. The van der Waals surface area contributed by atoms with E-state index in [2.05, 4.69) is 20.7 Å². The number of furan rings is 1. The molecule has 0 aliphatic rings. The molecule has 0 fully saturated rings. The van der Waals surface area contributed by atoms with E-state index in [1.807, 2.05) is 0 Å². The average Bonchev–Trinajstić information content (AvgIpc) is 3.51. The quantitative estimate of drug-likeness (QED) is 0.349. The lowest BCUT2D eigenvalue weighted by Gasteiger charge is -2.02. The number of thiazole rings is 1. The van der Waals surface area contributed by atoms with Gasteiger partial charge in [0.2, 0.25) is 11.8 Å². The fourth-order valence-electron chi connectivity index (χ4n) is 3.03. The van der Waals surface area contributed by atoms with Gasteiger partial charge in [-0.1, -0.05) is 11.6 Å². The second kappa shape index (κ2) is 10.0. The summed E-state index contributed by atoms with van der Waals surface area (Å²) in [6.45, 7) is 3.48. The van der Waals surface area contributed by atoms with E-state index in [0.717, 1.165) is 0 Å². The maximum Gasteiger partial charge on any atom is 0.250 e. The normalized spacial score (nSPS) is 11.2. The molecule has 0 saturated heterocycles. The fraction of sp³-hybridized carbons (Fsp3) is 0.130. The second-order valence-corrected chi connectivity index (χ2v) is 8.43. The summed E-state index contributed by atoms with van der Waals surface area (Å²) in [7, 11) is 0. The maximum absolute atomic E-state index is 13.2. The zero-order valence-corrected chi connectivity index (χ0v) is 19.7. The highest BCUT2D eigenvalue weighted by Crippen LogP contribution is 2.27.